The van der Waals surface area contributed by atoms with Gasteiger partial charge in [-0.1, -0.05) is 89.3 Å². The minimum absolute atomic E-state index is 0.0332. The van der Waals surface area contributed by atoms with Crippen LogP contribution in [-0.4, -0.2) is 92.8 Å². The number of unbranched alkanes of at least 4 members (excludes halogenated alkanes) is 6. The molecule has 344 valence electrons. The van der Waals surface area contributed by atoms with E-state index in [2.05, 4.69) is 49.4 Å². The quantitative estimate of drug-likeness (QED) is 0.0539. The molecular formula is C49H66N8O6S. The summed E-state index contributed by atoms with van der Waals surface area (Å²) in [5, 5.41) is 40.4. The van der Waals surface area contributed by atoms with Crippen LogP contribution in [0.15, 0.2) is 66.0 Å². The van der Waals surface area contributed by atoms with Crippen LogP contribution in [0.1, 0.15) is 109 Å². The summed E-state index contributed by atoms with van der Waals surface area (Å²) in [6, 6.07) is 17.4. The molecule has 2 saturated heterocycles. The molecule has 4 amide bonds. The van der Waals surface area contributed by atoms with E-state index in [1.54, 1.807) is 29.5 Å². The van der Waals surface area contributed by atoms with Gasteiger partial charge in [-0.05, 0) is 84.4 Å². The Balaban J connectivity index is 0.840. The lowest BCUT2D eigenvalue weighted by Gasteiger charge is -2.35. The van der Waals surface area contributed by atoms with Crippen molar-refractivity contribution in [3.05, 3.63) is 77.2 Å². The summed E-state index contributed by atoms with van der Waals surface area (Å²) in [5.41, 5.74) is 10.8. The maximum absolute atomic E-state index is 14.0. The number of hydrogen-bond acceptors (Lipinski definition) is 11. The molecule has 2 aromatic heterocycles. The van der Waals surface area contributed by atoms with Crippen LogP contribution < -0.4 is 26.6 Å². The number of carbonyl (C=O) groups is 4. The third kappa shape index (κ3) is 13.0. The second-order valence-corrected chi connectivity index (χ2v) is 19.3. The number of aliphatic hydroxyl groups excluding tert-OH is 1. The Bertz CT molecular complexity index is 2200. The SMILES string of the molecule is Cc1ccsc1-c1ccc(CNC(=O)[C@H]2C[C@H](O)CN2C(=O)[C@H](NC(=O)CCCCCCCCCC(=O)NC2CCN(c3cc(-c4ccccc4O)nnc3N)CC2)C(C)(C)C)cc1. The first-order valence-corrected chi connectivity index (χ1v) is 23.7. The number of nitrogens with two attached hydrogens (primary N) is 1. The molecule has 0 bridgehead atoms. The molecule has 4 heterocycles. The van der Waals surface area contributed by atoms with Crippen LogP contribution in [0.2, 0.25) is 0 Å². The van der Waals surface area contributed by atoms with Crippen molar-refractivity contribution in [2.75, 3.05) is 30.3 Å². The molecule has 0 spiro atoms. The van der Waals surface area contributed by atoms with Crippen LogP contribution >= 0.6 is 11.3 Å². The first-order chi connectivity index (χ1) is 30.7. The van der Waals surface area contributed by atoms with E-state index >= 15 is 0 Å². The van der Waals surface area contributed by atoms with E-state index < -0.39 is 23.6 Å². The number of aryl methyl sites for hydroxylation is 1. The van der Waals surface area contributed by atoms with Gasteiger partial charge in [-0.3, -0.25) is 19.2 Å². The van der Waals surface area contributed by atoms with Gasteiger partial charge in [-0.2, -0.15) is 0 Å². The van der Waals surface area contributed by atoms with Crippen molar-refractivity contribution < 1.29 is 29.4 Å². The van der Waals surface area contributed by atoms with Crippen LogP contribution in [0, 0.1) is 12.3 Å². The second-order valence-electron chi connectivity index (χ2n) is 18.4. The number of amides is 4. The van der Waals surface area contributed by atoms with Gasteiger partial charge in [0, 0.05) is 61.9 Å². The van der Waals surface area contributed by atoms with E-state index in [-0.39, 0.29) is 48.4 Å². The highest BCUT2D eigenvalue weighted by Gasteiger charge is 2.44. The minimum atomic E-state index is -0.853. The summed E-state index contributed by atoms with van der Waals surface area (Å²) >= 11 is 1.69. The number of likely N-dealkylation sites (tertiary alicyclic amines) is 1. The number of nitrogens with one attached hydrogen (secondary N) is 3. The van der Waals surface area contributed by atoms with E-state index in [1.165, 1.54) is 15.3 Å². The Morgan fingerprint density at radius 2 is 1.55 bits per heavy atom. The molecule has 4 aromatic rings. The number of hydrogen-bond donors (Lipinski definition) is 6. The number of nitrogen functional groups attached to an aromatic ring is 1. The average molecular weight is 895 g/mol. The van der Waals surface area contributed by atoms with Gasteiger partial charge in [0.15, 0.2) is 5.82 Å². The third-order valence-corrected chi connectivity index (χ3v) is 13.4. The third-order valence-electron chi connectivity index (χ3n) is 12.3. The van der Waals surface area contributed by atoms with Gasteiger partial charge in [0.05, 0.1) is 17.5 Å². The van der Waals surface area contributed by atoms with Gasteiger partial charge in [-0.25, -0.2) is 0 Å². The zero-order chi connectivity index (χ0) is 45.8. The number of phenolic OH excluding ortho intramolecular Hbond substituents is 1. The fourth-order valence-electron chi connectivity index (χ4n) is 8.59. The highest BCUT2D eigenvalue weighted by atomic mass is 32.1. The maximum Gasteiger partial charge on any atom is 0.246 e. The summed E-state index contributed by atoms with van der Waals surface area (Å²) in [4.78, 5) is 58.1. The predicted octanol–water partition coefficient (Wildman–Crippen LogP) is 6.87. The summed E-state index contributed by atoms with van der Waals surface area (Å²) in [6.45, 7) is 9.52. The largest absolute Gasteiger partial charge is 0.507 e. The van der Waals surface area contributed by atoms with Crippen LogP contribution in [0.25, 0.3) is 21.7 Å². The van der Waals surface area contributed by atoms with Crippen molar-refractivity contribution in [3.63, 3.8) is 0 Å². The molecule has 0 unspecified atom stereocenters. The van der Waals surface area contributed by atoms with E-state index in [0.29, 0.717) is 42.9 Å². The van der Waals surface area contributed by atoms with Gasteiger partial charge < -0.3 is 41.7 Å². The Morgan fingerprint density at radius 3 is 2.19 bits per heavy atom. The number of aromatic nitrogens is 2. The number of carbonyl (C=O) groups excluding carboxylic acids is 4. The molecule has 0 aliphatic carbocycles. The minimum Gasteiger partial charge on any atom is -0.507 e. The van der Waals surface area contributed by atoms with Gasteiger partial charge in [0.25, 0.3) is 0 Å². The number of piperidine rings is 1. The average Bonchev–Trinajstić information content (AvgIpc) is 3.89. The monoisotopic (exact) mass is 894 g/mol. The first-order valence-electron chi connectivity index (χ1n) is 22.8. The Hall–Kier alpha value is -5.54. The van der Waals surface area contributed by atoms with Crippen molar-refractivity contribution in [2.45, 2.75) is 136 Å². The zero-order valence-electron chi connectivity index (χ0n) is 37.8. The zero-order valence-corrected chi connectivity index (χ0v) is 38.6. The van der Waals surface area contributed by atoms with Gasteiger partial charge in [0.1, 0.15) is 17.8 Å². The van der Waals surface area contributed by atoms with E-state index in [9.17, 15) is 29.4 Å². The Labute approximate surface area is 381 Å². The van der Waals surface area contributed by atoms with E-state index in [1.807, 2.05) is 57.2 Å². The van der Waals surface area contributed by atoms with Gasteiger partial charge in [-0.15, -0.1) is 21.5 Å². The molecule has 7 N–H and O–H groups in total. The fourth-order valence-corrected chi connectivity index (χ4v) is 9.52. The normalized spacial score (nSPS) is 17.3. The summed E-state index contributed by atoms with van der Waals surface area (Å²) in [7, 11) is 0. The van der Waals surface area contributed by atoms with Crippen molar-refractivity contribution in [1.29, 1.82) is 0 Å². The smallest absolute Gasteiger partial charge is 0.246 e. The number of anilines is 2. The van der Waals surface area contributed by atoms with Crippen LogP contribution in [-0.2, 0) is 25.7 Å². The summed E-state index contributed by atoms with van der Waals surface area (Å²) < 4.78 is 0. The number of thiophene rings is 1. The van der Waals surface area contributed by atoms with Crippen molar-refractivity contribution in [1.82, 2.24) is 31.0 Å². The molecule has 2 aliphatic rings. The van der Waals surface area contributed by atoms with Crippen LogP contribution in [0.3, 0.4) is 0 Å². The van der Waals surface area contributed by atoms with E-state index in [4.69, 9.17) is 5.73 Å². The van der Waals surface area contributed by atoms with Crippen LogP contribution in [0.5, 0.6) is 5.75 Å². The molecule has 2 aromatic carbocycles. The van der Waals surface area contributed by atoms with Gasteiger partial charge in [0.2, 0.25) is 23.6 Å². The standard InChI is InChI=1S/C49H66N8O6S/c1-32-24-27-64-44(32)34-20-18-33(19-21-34)30-51-47(62)40-28-36(58)31-57(40)48(63)45(49(2,3)4)53-43(61)17-11-9-7-5-6-8-10-16-42(60)52-35-22-25-56(26-23-35)39-29-38(54-55-46(39)50)37-14-12-13-15-41(37)59/h12-15,18-21,24,27,29,35-36,40,45,58-59H,5-11,16-17,22-23,25-26,28,30-31H2,1-4H3,(H2,50,55)(H,51,62)(H,52,60)(H,53,61)/t36-,40+,45-/m0/s1. The lowest BCUT2D eigenvalue weighted by Crippen LogP contribution is -2.57. The number of nitrogens with zero attached hydrogens (tertiary/aromatic N) is 4. The second kappa shape index (κ2) is 22.4. The molecule has 0 saturated carbocycles. The van der Waals surface area contributed by atoms with Crippen molar-refractivity contribution in [3.8, 4) is 27.4 Å². The number of aliphatic hydroxyl groups is 1. The lowest BCUT2D eigenvalue weighted by atomic mass is 9.85. The number of benzene rings is 2. The highest BCUT2D eigenvalue weighted by Crippen LogP contribution is 2.33. The molecule has 14 nitrogen and oxygen atoms in total. The molecule has 0 radical (unpaired) electrons. The number of β-amino-alcohol motifs (C(OH)–C–C–N with tert-alkyl or cyclic N) is 1. The molecule has 2 aliphatic heterocycles. The Morgan fingerprint density at radius 1 is 0.891 bits per heavy atom. The topological polar surface area (TPSA) is 203 Å². The fraction of sp³-hybridized carbons (Fsp3) is 0.510. The number of phenols is 1. The van der Waals surface area contributed by atoms with Crippen molar-refractivity contribution in [2.24, 2.45) is 5.41 Å². The highest BCUT2D eigenvalue weighted by molar-refractivity contribution is 7.13. The predicted molar refractivity (Wildman–Crippen MR) is 252 cm³/mol. The lowest BCUT2D eigenvalue weighted by molar-refractivity contribution is -0.144. The number of para-hydroxylation sites is 1. The van der Waals surface area contributed by atoms with Crippen LogP contribution in [0.4, 0.5) is 11.5 Å². The molecule has 64 heavy (non-hydrogen) atoms. The molecule has 15 heteroatoms. The summed E-state index contributed by atoms with van der Waals surface area (Å²) in [5.74, 6) is -0.354. The molecular weight excluding hydrogens is 829 g/mol. The molecule has 2 fully saturated rings. The summed E-state index contributed by atoms with van der Waals surface area (Å²) in [6.07, 6.45) is 8.05. The number of aromatic hydroxyl groups is 1. The Kier molecular flexibility index (Phi) is 16.8. The van der Waals surface area contributed by atoms with E-state index in [0.717, 1.165) is 81.3 Å². The molecule has 3 atom stereocenters. The number of rotatable bonds is 19. The molecule has 6 rings (SSSR count). The van der Waals surface area contributed by atoms with Gasteiger partial charge >= 0.3 is 0 Å². The maximum atomic E-state index is 14.0. The van der Waals surface area contributed by atoms with Crippen molar-refractivity contribution >= 4 is 46.5 Å². The first kappa shape index (κ1) is 47.9.